The molecule has 2 rings (SSSR count). The number of amides is 1. The molecule has 0 spiro atoms. The number of carbonyl (C=O) groups is 1. The smallest absolute Gasteiger partial charge is 0.422 e. The number of hydrogen-bond acceptors (Lipinski definition) is 6. The van der Waals surface area contributed by atoms with Crippen LogP contribution in [-0.2, 0) is 9.53 Å². The summed E-state index contributed by atoms with van der Waals surface area (Å²) in [5.41, 5.74) is 0.872. The average Bonchev–Trinajstić information content (AvgIpc) is 2.98. The van der Waals surface area contributed by atoms with Gasteiger partial charge in [0.2, 0.25) is 0 Å². The van der Waals surface area contributed by atoms with Crippen LogP contribution in [0.1, 0.15) is 5.56 Å². The summed E-state index contributed by atoms with van der Waals surface area (Å²) in [5, 5.41) is 5.99. The number of carbonyl (C=O) groups excluding carboxylic acids is 1. The van der Waals surface area contributed by atoms with E-state index in [-0.39, 0.29) is 12.0 Å². The summed E-state index contributed by atoms with van der Waals surface area (Å²) < 4.78 is 15.2. The average molecular weight is 275 g/mol. The van der Waals surface area contributed by atoms with Crippen molar-refractivity contribution in [3.8, 4) is 11.8 Å². The Kier molecular flexibility index (Phi) is 4.33. The predicted octanol–water partition coefficient (Wildman–Crippen LogP) is 1.60. The molecule has 0 radical (unpaired) electrons. The lowest BCUT2D eigenvalue weighted by Crippen LogP contribution is -2.19. The zero-order chi connectivity index (χ0) is 14.4. The fraction of sp³-hybridized carbons (Fsp3) is 0.154. The highest BCUT2D eigenvalue weighted by Crippen LogP contribution is 2.29. The summed E-state index contributed by atoms with van der Waals surface area (Å²) in [4.78, 5) is 15.7. The van der Waals surface area contributed by atoms with Crippen LogP contribution in [0, 0.1) is 0 Å². The summed E-state index contributed by atoms with van der Waals surface area (Å²) >= 11 is 0. The Morgan fingerprint density at radius 1 is 1.40 bits per heavy atom. The first-order valence-corrected chi connectivity index (χ1v) is 5.75. The first-order chi connectivity index (χ1) is 9.76. The molecule has 20 heavy (non-hydrogen) atoms. The molecule has 0 bridgehead atoms. The van der Waals surface area contributed by atoms with Crippen molar-refractivity contribution < 1.29 is 18.8 Å². The molecule has 0 saturated carbocycles. The number of nitrogens with zero attached hydrogens (tertiary/aromatic N) is 2. The molecule has 1 heterocycles. The van der Waals surface area contributed by atoms with Crippen molar-refractivity contribution in [3.05, 3.63) is 42.4 Å². The van der Waals surface area contributed by atoms with E-state index in [0.29, 0.717) is 16.9 Å². The van der Waals surface area contributed by atoms with E-state index < -0.39 is 0 Å². The molecule has 1 amide bonds. The summed E-state index contributed by atoms with van der Waals surface area (Å²) in [6.45, 7) is 0. The standard InChI is InChI=1S/C13H13N3O4/c1-14-12(17)10(7-18-2)9-5-3-4-6-11(9)19-13-15-8-16-20-13/h3-8H,1-2H3,(H,14,17)/b10-7+. The minimum absolute atomic E-state index is 0.00822. The third-order valence-electron chi connectivity index (χ3n) is 2.42. The molecule has 0 aliphatic heterocycles. The Morgan fingerprint density at radius 3 is 2.85 bits per heavy atom. The van der Waals surface area contributed by atoms with Crippen LogP contribution in [0.4, 0.5) is 0 Å². The zero-order valence-corrected chi connectivity index (χ0v) is 11.0. The lowest BCUT2D eigenvalue weighted by molar-refractivity contribution is -0.115. The van der Waals surface area contributed by atoms with Gasteiger partial charge in [-0.05, 0) is 6.07 Å². The molecule has 7 heteroatoms. The minimum Gasteiger partial charge on any atom is -0.504 e. The van der Waals surface area contributed by atoms with Crippen LogP contribution >= 0.6 is 0 Å². The Morgan fingerprint density at radius 2 is 2.20 bits per heavy atom. The number of methoxy groups -OCH3 is 1. The molecular weight excluding hydrogens is 262 g/mol. The number of para-hydroxylation sites is 1. The lowest BCUT2D eigenvalue weighted by atomic mass is 10.1. The predicted molar refractivity (Wildman–Crippen MR) is 69.9 cm³/mol. The summed E-state index contributed by atoms with van der Waals surface area (Å²) in [7, 11) is 3.00. The normalized spacial score (nSPS) is 11.0. The van der Waals surface area contributed by atoms with E-state index in [0.717, 1.165) is 0 Å². The molecule has 0 saturated heterocycles. The fourth-order valence-electron chi connectivity index (χ4n) is 1.57. The molecule has 0 atom stereocenters. The Labute approximate surface area is 115 Å². The molecule has 7 nitrogen and oxygen atoms in total. The van der Waals surface area contributed by atoms with Crippen molar-refractivity contribution in [3.63, 3.8) is 0 Å². The Hall–Kier alpha value is -2.83. The van der Waals surface area contributed by atoms with Crippen LogP contribution < -0.4 is 10.1 Å². The van der Waals surface area contributed by atoms with Gasteiger partial charge in [-0.15, -0.1) is 0 Å². The largest absolute Gasteiger partial charge is 0.504 e. The van der Waals surface area contributed by atoms with Crippen molar-refractivity contribution in [2.45, 2.75) is 0 Å². The quantitative estimate of drug-likeness (QED) is 0.658. The second kappa shape index (κ2) is 6.37. The van der Waals surface area contributed by atoms with Gasteiger partial charge in [-0.25, -0.2) is 0 Å². The van der Waals surface area contributed by atoms with Gasteiger partial charge in [0.15, 0.2) is 6.33 Å². The van der Waals surface area contributed by atoms with Crippen molar-refractivity contribution >= 4 is 11.5 Å². The number of nitrogens with one attached hydrogen (secondary N) is 1. The van der Waals surface area contributed by atoms with E-state index in [1.807, 2.05) is 0 Å². The molecule has 1 aromatic carbocycles. The molecule has 104 valence electrons. The van der Waals surface area contributed by atoms with Gasteiger partial charge in [0.25, 0.3) is 5.91 Å². The summed E-state index contributed by atoms with van der Waals surface area (Å²) in [6, 6.07) is 6.96. The maximum Gasteiger partial charge on any atom is 0.422 e. The van der Waals surface area contributed by atoms with Crippen molar-refractivity contribution in [1.29, 1.82) is 0 Å². The highest BCUT2D eigenvalue weighted by atomic mass is 16.6. The molecule has 1 aromatic heterocycles. The van der Waals surface area contributed by atoms with Gasteiger partial charge in [0.1, 0.15) is 5.75 Å². The van der Waals surface area contributed by atoms with Gasteiger partial charge in [0, 0.05) is 12.6 Å². The number of hydrogen-bond donors (Lipinski definition) is 1. The Bertz CT molecular complexity index is 608. The second-order valence-corrected chi connectivity index (χ2v) is 3.65. The molecule has 0 aliphatic rings. The van der Waals surface area contributed by atoms with E-state index >= 15 is 0 Å². The molecule has 2 aromatic rings. The van der Waals surface area contributed by atoms with Crippen molar-refractivity contribution in [2.24, 2.45) is 0 Å². The van der Waals surface area contributed by atoms with E-state index in [9.17, 15) is 4.79 Å². The van der Waals surface area contributed by atoms with Crippen molar-refractivity contribution in [2.75, 3.05) is 14.2 Å². The maximum absolute atomic E-state index is 11.9. The van der Waals surface area contributed by atoms with Crippen LogP contribution in [0.5, 0.6) is 11.8 Å². The first-order valence-electron chi connectivity index (χ1n) is 5.75. The number of ether oxygens (including phenoxy) is 2. The first kappa shape index (κ1) is 13.6. The van der Waals surface area contributed by atoms with E-state index in [2.05, 4.69) is 15.5 Å². The van der Waals surface area contributed by atoms with Gasteiger partial charge < -0.3 is 14.8 Å². The molecule has 0 aliphatic carbocycles. The van der Waals surface area contributed by atoms with Gasteiger partial charge in [-0.3, -0.25) is 9.32 Å². The van der Waals surface area contributed by atoms with Crippen LogP contribution in [0.3, 0.4) is 0 Å². The van der Waals surface area contributed by atoms with Gasteiger partial charge in [0.05, 0.1) is 18.9 Å². The van der Waals surface area contributed by atoms with Gasteiger partial charge in [-0.2, -0.15) is 4.98 Å². The van der Waals surface area contributed by atoms with Gasteiger partial charge in [-0.1, -0.05) is 23.4 Å². The second-order valence-electron chi connectivity index (χ2n) is 3.65. The van der Waals surface area contributed by atoms with Gasteiger partial charge >= 0.3 is 6.08 Å². The highest BCUT2D eigenvalue weighted by Gasteiger charge is 2.17. The number of rotatable bonds is 5. The van der Waals surface area contributed by atoms with Crippen LogP contribution in [-0.4, -0.2) is 30.2 Å². The lowest BCUT2D eigenvalue weighted by Gasteiger charge is -2.10. The number of aromatic nitrogens is 2. The van der Waals surface area contributed by atoms with E-state index in [1.165, 1.54) is 26.7 Å². The van der Waals surface area contributed by atoms with Crippen LogP contribution in [0.2, 0.25) is 0 Å². The van der Waals surface area contributed by atoms with E-state index in [1.54, 1.807) is 24.3 Å². The fourth-order valence-corrected chi connectivity index (χ4v) is 1.57. The SMILES string of the molecule is CNC(=O)/C(=C/OC)c1ccccc1Oc1ncno1. The van der Waals surface area contributed by atoms with Crippen LogP contribution in [0.15, 0.2) is 41.4 Å². The molecule has 0 unspecified atom stereocenters. The molecule has 1 N–H and O–H groups in total. The third kappa shape index (κ3) is 2.94. The summed E-state index contributed by atoms with van der Waals surface area (Å²) in [6.07, 6.45) is 2.56. The number of likely N-dealkylation sites (N-methyl/N-ethyl adjacent to an activating group) is 1. The maximum atomic E-state index is 11.9. The topological polar surface area (TPSA) is 86.5 Å². The third-order valence-corrected chi connectivity index (χ3v) is 2.42. The summed E-state index contributed by atoms with van der Waals surface area (Å²) in [5.74, 6) is 0.108. The molecule has 0 fully saturated rings. The van der Waals surface area contributed by atoms with E-state index in [4.69, 9.17) is 14.0 Å². The monoisotopic (exact) mass is 275 g/mol. The highest BCUT2D eigenvalue weighted by molar-refractivity contribution is 6.19. The minimum atomic E-state index is -0.298. The zero-order valence-electron chi connectivity index (χ0n) is 11.0. The number of benzene rings is 1. The van der Waals surface area contributed by atoms with Crippen molar-refractivity contribution in [1.82, 2.24) is 15.5 Å². The Balaban J connectivity index is 2.40. The van der Waals surface area contributed by atoms with Crippen LogP contribution in [0.25, 0.3) is 5.57 Å². The molecular formula is C13H13N3O4.